The lowest BCUT2D eigenvalue weighted by atomic mass is 10.2. The molecule has 1 aromatic carbocycles. The van der Waals surface area contributed by atoms with Crippen LogP contribution in [0.4, 0.5) is 0 Å². The molecule has 1 heterocycles. The predicted octanol–water partition coefficient (Wildman–Crippen LogP) is 2.00. The number of carbonyl (C=O) groups excluding carboxylic acids is 1. The van der Waals surface area contributed by atoms with Gasteiger partial charge in [0.25, 0.3) is 0 Å². The van der Waals surface area contributed by atoms with Crippen LogP contribution in [-0.4, -0.2) is 15.5 Å². The topological polar surface area (TPSA) is 34.9 Å². The van der Waals surface area contributed by atoms with Crippen molar-refractivity contribution in [1.29, 1.82) is 0 Å². The van der Waals surface area contributed by atoms with Crippen LogP contribution in [0.3, 0.4) is 0 Å². The molecule has 0 saturated carbocycles. The molecule has 0 aliphatic carbocycles. The number of imidazole rings is 1. The van der Waals surface area contributed by atoms with Crippen LogP contribution in [0, 0.1) is 6.92 Å². The highest BCUT2D eigenvalue weighted by molar-refractivity contribution is 5.89. The Labute approximate surface area is 76.0 Å². The van der Waals surface area contributed by atoms with Crippen LogP contribution in [0.15, 0.2) is 24.5 Å². The van der Waals surface area contributed by atoms with Crippen LogP contribution in [-0.2, 0) is 0 Å². The Bertz CT molecular complexity index is 471. The molecule has 0 saturated heterocycles. The summed E-state index contributed by atoms with van der Waals surface area (Å²) in [6.07, 6.45) is 1.56. The quantitative estimate of drug-likeness (QED) is 0.612. The molecule has 13 heavy (non-hydrogen) atoms. The van der Waals surface area contributed by atoms with Crippen LogP contribution in [0.5, 0.6) is 0 Å². The van der Waals surface area contributed by atoms with Crippen LogP contribution in [0.25, 0.3) is 11.0 Å². The first-order valence-corrected chi connectivity index (χ1v) is 4.13. The maximum absolute atomic E-state index is 11.1. The molecule has 0 unspecified atom stereocenters. The van der Waals surface area contributed by atoms with Gasteiger partial charge in [0.2, 0.25) is 5.91 Å². The highest BCUT2D eigenvalue weighted by atomic mass is 16.1. The Kier molecular flexibility index (Phi) is 1.65. The van der Waals surface area contributed by atoms with Gasteiger partial charge in [0.05, 0.1) is 11.0 Å². The smallest absolute Gasteiger partial charge is 0.229 e. The summed E-state index contributed by atoms with van der Waals surface area (Å²) in [5.41, 5.74) is 2.90. The molecule has 0 N–H and O–H groups in total. The monoisotopic (exact) mass is 174 g/mol. The minimum Gasteiger partial charge on any atom is -0.274 e. The maximum atomic E-state index is 11.1. The average Bonchev–Trinajstić information content (AvgIpc) is 2.46. The summed E-state index contributed by atoms with van der Waals surface area (Å²) in [7, 11) is 0. The predicted molar refractivity (Wildman–Crippen MR) is 50.8 cm³/mol. The van der Waals surface area contributed by atoms with E-state index < -0.39 is 0 Å². The van der Waals surface area contributed by atoms with Gasteiger partial charge in [-0.2, -0.15) is 0 Å². The van der Waals surface area contributed by atoms with Crippen molar-refractivity contribution in [2.45, 2.75) is 13.8 Å². The fraction of sp³-hybridized carbons (Fsp3) is 0.200. The molecule has 0 aliphatic heterocycles. The number of aromatic nitrogens is 2. The molecule has 3 heteroatoms. The number of benzene rings is 1. The first-order chi connectivity index (χ1) is 6.18. The highest BCUT2D eigenvalue weighted by Gasteiger charge is 2.04. The number of aryl methyl sites for hydroxylation is 1. The van der Waals surface area contributed by atoms with Crippen molar-refractivity contribution < 1.29 is 4.79 Å². The van der Waals surface area contributed by atoms with Crippen molar-refractivity contribution in [3.8, 4) is 0 Å². The molecule has 0 fully saturated rings. The minimum absolute atomic E-state index is 0.00801. The Morgan fingerprint density at radius 3 is 2.92 bits per heavy atom. The lowest BCUT2D eigenvalue weighted by Crippen LogP contribution is -2.02. The van der Waals surface area contributed by atoms with E-state index in [9.17, 15) is 4.79 Å². The highest BCUT2D eigenvalue weighted by Crippen LogP contribution is 2.13. The summed E-state index contributed by atoms with van der Waals surface area (Å²) in [4.78, 5) is 15.3. The number of rotatable bonds is 0. The second kappa shape index (κ2) is 2.69. The Morgan fingerprint density at radius 1 is 1.46 bits per heavy atom. The van der Waals surface area contributed by atoms with Crippen molar-refractivity contribution >= 4 is 16.9 Å². The van der Waals surface area contributed by atoms with Crippen molar-refractivity contribution in [3.05, 3.63) is 30.1 Å². The van der Waals surface area contributed by atoms with Crippen LogP contribution < -0.4 is 0 Å². The zero-order valence-electron chi connectivity index (χ0n) is 7.61. The molecule has 3 nitrogen and oxygen atoms in total. The van der Waals surface area contributed by atoms with E-state index >= 15 is 0 Å². The molecular formula is C10H10N2O. The van der Waals surface area contributed by atoms with E-state index in [1.54, 1.807) is 10.9 Å². The molecule has 0 amide bonds. The molecule has 0 aliphatic rings. The van der Waals surface area contributed by atoms with Gasteiger partial charge in [0.1, 0.15) is 6.33 Å². The van der Waals surface area contributed by atoms with Crippen LogP contribution in [0.2, 0.25) is 0 Å². The second-order valence-electron chi connectivity index (χ2n) is 3.13. The lowest BCUT2D eigenvalue weighted by Gasteiger charge is -1.97. The number of hydrogen-bond acceptors (Lipinski definition) is 2. The summed E-state index contributed by atoms with van der Waals surface area (Å²) in [6.45, 7) is 3.53. The lowest BCUT2D eigenvalue weighted by molar-refractivity contribution is 0.0941. The fourth-order valence-electron chi connectivity index (χ4n) is 1.37. The van der Waals surface area contributed by atoms with Gasteiger partial charge in [-0.25, -0.2) is 4.98 Å². The molecule has 0 radical (unpaired) electrons. The van der Waals surface area contributed by atoms with Gasteiger partial charge in [0.15, 0.2) is 0 Å². The molecule has 0 spiro atoms. The van der Waals surface area contributed by atoms with E-state index in [1.807, 2.05) is 25.1 Å². The Hall–Kier alpha value is -1.64. The summed E-state index contributed by atoms with van der Waals surface area (Å²) >= 11 is 0. The van der Waals surface area contributed by atoms with Crippen molar-refractivity contribution in [2.75, 3.05) is 0 Å². The third-order valence-electron chi connectivity index (χ3n) is 2.04. The number of carbonyl (C=O) groups is 1. The summed E-state index contributed by atoms with van der Waals surface area (Å²) in [5, 5.41) is 0. The van der Waals surface area contributed by atoms with Gasteiger partial charge in [-0.05, 0) is 24.6 Å². The van der Waals surface area contributed by atoms with Crippen LogP contribution >= 0.6 is 0 Å². The fourth-order valence-corrected chi connectivity index (χ4v) is 1.37. The standard InChI is InChI=1S/C10H10N2O/c1-7-3-4-10-9(5-7)11-6-12(10)8(2)13/h3-6H,1-2H3. The molecule has 2 aromatic rings. The molecule has 2 rings (SSSR count). The minimum atomic E-state index is -0.00801. The maximum Gasteiger partial charge on any atom is 0.229 e. The van der Waals surface area contributed by atoms with E-state index in [-0.39, 0.29) is 5.91 Å². The number of fused-ring (bicyclic) bond motifs is 1. The first-order valence-electron chi connectivity index (χ1n) is 4.13. The van der Waals surface area contributed by atoms with E-state index in [0.29, 0.717) is 0 Å². The molecule has 1 aromatic heterocycles. The van der Waals surface area contributed by atoms with Gasteiger partial charge in [0, 0.05) is 6.92 Å². The molecule has 0 atom stereocenters. The third kappa shape index (κ3) is 1.22. The number of nitrogens with zero attached hydrogens (tertiary/aromatic N) is 2. The van der Waals surface area contributed by atoms with Gasteiger partial charge < -0.3 is 0 Å². The summed E-state index contributed by atoms with van der Waals surface area (Å²) in [6, 6.07) is 5.86. The average molecular weight is 174 g/mol. The van der Waals surface area contributed by atoms with Crippen molar-refractivity contribution in [2.24, 2.45) is 0 Å². The van der Waals surface area contributed by atoms with E-state index in [2.05, 4.69) is 4.98 Å². The van der Waals surface area contributed by atoms with Gasteiger partial charge in [-0.3, -0.25) is 9.36 Å². The molecular weight excluding hydrogens is 164 g/mol. The summed E-state index contributed by atoms with van der Waals surface area (Å²) in [5.74, 6) is -0.00801. The van der Waals surface area contributed by atoms with Crippen LogP contribution in [0.1, 0.15) is 17.3 Å². The van der Waals surface area contributed by atoms with Crippen molar-refractivity contribution in [1.82, 2.24) is 9.55 Å². The molecule has 66 valence electrons. The third-order valence-corrected chi connectivity index (χ3v) is 2.04. The second-order valence-corrected chi connectivity index (χ2v) is 3.13. The van der Waals surface area contributed by atoms with Gasteiger partial charge in [-0.1, -0.05) is 6.07 Å². The first kappa shape index (κ1) is 7.98. The zero-order chi connectivity index (χ0) is 9.42. The van der Waals surface area contributed by atoms with E-state index in [4.69, 9.17) is 0 Å². The molecule has 0 bridgehead atoms. The van der Waals surface area contributed by atoms with Crippen molar-refractivity contribution in [3.63, 3.8) is 0 Å². The van der Waals surface area contributed by atoms with Gasteiger partial charge >= 0.3 is 0 Å². The SMILES string of the molecule is CC(=O)n1cnc2cc(C)ccc21. The normalized spacial score (nSPS) is 10.6. The van der Waals surface area contributed by atoms with E-state index in [1.165, 1.54) is 6.92 Å². The largest absolute Gasteiger partial charge is 0.274 e. The Balaban J connectivity index is 2.76. The Morgan fingerprint density at radius 2 is 2.23 bits per heavy atom. The van der Waals surface area contributed by atoms with Gasteiger partial charge in [-0.15, -0.1) is 0 Å². The number of hydrogen-bond donors (Lipinski definition) is 0. The summed E-state index contributed by atoms with van der Waals surface area (Å²) < 4.78 is 1.55. The van der Waals surface area contributed by atoms with E-state index in [0.717, 1.165) is 16.6 Å². The zero-order valence-corrected chi connectivity index (χ0v) is 7.61.